The van der Waals surface area contributed by atoms with Crippen molar-refractivity contribution >= 4 is 6.29 Å². The molecule has 2 heteroatoms. The average molecular weight is 211 g/mol. The number of hydrogen-bond acceptors (Lipinski definition) is 2. The number of benzene rings is 1. The second kappa shape index (κ2) is 4.71. The molecule has 0 amide bonds. The van der Waals surface area contributed by atoms with Gasteiger partial charge < -0.3 is 0 Å². The maximum Gasteiger partial charge on any atom is 0.150 e. The van der Waals surface area contributed by atoms with Crippen LogP contribution in [0.4, 0.5) is 0 Å². The predicted molar refractivity (Wildman–Crippen MR) is 63.6 cm³/mol. The lowest BCUT2D eigenvalue weighted by Crippen LogP contribution is -1.97. The van der Waals surface area contributed by atoms with Crippen molar-refractivity contribution in [2.24, 2.45) is 0 Å². The fourth-order valence-electron chi connectivity index (χ4n) is 1.70. The zero-order chi connectivity index (χ0) is 11.4. The first-order valence-electron chi connectivity index (χ1n) is 5.24. The molecule has 0 aliphatic carbocycles. The summed E-state index contributed by atoms with van der Waals surface area (Å²) in [6.45, 7) is 2.02. The Morgan fingerprint density at radius 1 is 1.25 bits per heavy atom. The van der Waals surface area contributed by atoms with Gasteiger partial charge in [-0.3, -0.25) is 9.78 Å². The number of carbonyl (C=O) groups is 1. The fraction of sp³-hybridized carbons (Fsp3) is 0.143. The van der Waals surface area contributed by atoms with Crippen LogP contribution in [-0.4, -0.2) is 11.3 Å². The van der Waals surface area contributed by atoms with E-state index in [4.69, 9.17) is 0 Å². The van der Waals surface area contributed by atoms with Crippen molar-refractivity contribution in [1.29, 1.82) is 0 Å². The minimum atomic E-state index is 0.705. The number of hydrogen-bond donors (Lipinski definition) is 0. The molecule has 0 N–H and O–H groups in total. The highest BCUT2D eigenvalue weighted by molar-refractivity contribution is 5.77. The largest absolute Gasteiger partial charge is 0.298 e. The summed E-state index contributed by atoms with van der Waals surface area (Å²) in [5.41, 5.74) is 3.93. The van der Waals surface area contributed by atoms with Gasteiger partial charge in [0, 0.05) is 23.9 Å². The molecule has 2 rings (SSSR count). The number of aryl methyl sites for hydroxylation is 1. The third-order valence-electron chi connectivity index (χ3n) is 2.52. The first kappa shape index (κ1) is 10.6. The lowest BCUT2D eigenvalue weighted by Gasteiger charge is -2.05. The summed E-state index contributed by atoms with van der Waals surface area (Å²) in [5.74, 6) is 0. The summed E-state index contributed by atoms with van der Waals surface area (Å²) in [6, 6.07) is 11.7. The summed E-state index contributed by atoms with van der Waals surface area (Å²) in [6.07, 6.45) is 3.38. The zero-order valence-electron chi connectivity index (χ0n) is 9.18. The van der Waals surface area contributed by atoms with Crippen LogP contribution < -0.4 is 0 Å². The molecule has 0 unspecified atom stereocenters. The minimum absolute atomic E-state index is 0.705. The zero-order valence-corrected chi connectivity index (χ0v) is 9.18. The minimum Gasteiger partial charge on any atom is -0.298 e. The topological polar surface area (TPSA) is 30.0 Å². The summed E-state index contributed by atoms with van der Waals surface area (Å²) in [5, 5.41) is 0. The van der Waals surface area contributed by atoms with E-state index >= 15 is 0 Å². The van der Waals surface area contributed by atoms with Gasteiger partial charge >= 0.3 is 0 Å². The first-order valence-corrected chi connectivity index (χ1v) is 5.24. The number of aldehydes is 1. The van der Waals surface area contributed by atoms with Crippen molar-refractivity contribution in [3.05, 3.63) is 65.0 Å². The summed E-state index contributed by atoms with van der Waals surface area (Å²) < 4.78 is 0. The molecule has 0 radical (unpaired) electrons. The van der Waals surface area contributed by atoms with E-state index in [9.17, 15) is 4.79 Å². The molecule has 0 aliphatic heterocycles. The molecule has 0 saturated carbocycles. The van der Waals surface area contributed by atoms with Crippen molar-refractivity contribution in [3.63, 3.8) is 0 Å². The van der Waals surface area contributed by atoms with Gasteiger partial charge in [-0.15, -0.1) is 0 Å². The number of rotatable bonds is 3. The van der Waals surface area contributed by atoms with Crippen molar-refractivity contribution < 1.29 is 4.79 Å². The Labute approximate surface area is 95.0 Å². The molecule has 80 valence electrons. The smallest absolute Gasteiger partial charge is 0.150 e. The average Bonchev–Trinajstić information content (AvgIpc) is 2.31. The third-order valence-corrected chi connectivity index (χ3v) is 2.52. The van der Waals surface area contributed by atoms with Crippen molar-refractivity contribution in [2.75, 3.05) is 0 Å². The molecular weight excluding hydrogens is 198 g/mol. The Kier molecular flexibility index (Phi) is 3.10. The Morgan fingerprint density at radius 3 is 2.81 bits per heavy atom. The molecule has 0 fully saturated rings. The van der Waals surface area contributed by atoms with E-state index in [1.165, 1.54) is 0 Å². The van der Waals surface area contributed by atoms with E-state index in [0.717, 1.165) is 28.7 Å². The van der Waals surface area contributed by atoms with E-state index in [1.807, 2.05) is 43.3 Å². The van der Waals surface area contributed by atoms with Gasteiger partial charge in [0.1, 0.15) is 6.29 Å². The van der Waals surface area contributed by atoms with E-state index in [-0.39, 0.29) is 0 Å². The molecule has 0 saturated heterocycles. The highest BCUT2D eigenvalue weighted by Gasteiger charge is 2.03. The first-order chi connectivity index (χ1) is 7.79. The monoisotopic (exact) mass is 211 g/mol. The van der Waals surface area contributed by atoms with Crippen LogP contribution in [-0.2, 0) is 6.42 Å². The molecular formula is C14H13NO. The molecule has 1 aromatic heterocycles. The van der Waals surface area contributed by atoms with E-state index in [1.54, 1.807) is 6.20 Å². The van der Waals surface area contributed by atoms with Crippen LogP contribution in [0.5, 0.6) is 0 Å². The fourth-order valence-corrected chi connectivity index (χ4v) is 1.70. The second-order valence-corrected chi connectivity index (χ2v) is 3.82. The van der Waals surface area contributed by atoms with Gasteiger partial charge in [-0.05, 0) is 24.6 Å². The van der Waals surface area contributed by atoms with Crippen LogP contribution >= 0.6 is 0 Å². The van der Waals surface area contributed by atoms with Crippen LogP contribution in [0.15, 0.2) is 42.6 Å². The number of nitrogens with zero attached hydrogens (tertiary/aromatic N) is 1. The van der Waals surface area contributed by atoms with Gasteiger partial charge in [0.05, 0.1) is 0 Å². The highest BCUT2D eigenvalue weighted by atomic mass is 16.1. The summed E-state index contributed by atoms with van der Waals surface area (Å²) in [7, 11) is 0. The molecule has 0 aliphatic rings. The molecule has 1 heterocycles. The van der Waals surface area contributed by atoms with Crippen molar-refractivity contribution in [3.8, 4) is 0 Å². The van der Waals surface area contributed by atoms with Crippen LogP contribution in [0.3, 0.4) is 0 Å². The van der Waals surface area contributed by atoms with Gasteiger partial charge in [0.15, 0.2) is 0 Å². The molecule has 0 spiro atoms. The standard InChI is InChI=1S/C14H13NO/c1-11-5-6-12(10-16)13(8-11)9-14-4-2-3-7-15-14/h2-8,10H,9H2,1H3. The van der Waals surface area contributed by atoms with Gasteiger partial charge in [-0.2, -0.15) is 0 Å². The third kappa shape index (κ3) is 2.34. The molecule has 0 atom stereocenters. The lowest BCUT2D eigenvalue weighted by atomic mass is 10.0. The maximum atomic E-state index is 10.9. The Morgan fingerprint density at radius 2 is 2.12 bits per heavy atom. The summed E-state index contributed by atoms with van der Waals surface area (Å²) >= 11 is 0. The quantitative estimate of drug-likeness (QED) is 0.731. The van der Waals surface area contributed by atoms with Crippen LogP contribution in [0.1, 0.15) is 27.2 Å². The molecule has 2 aromatic rings. The van der Waals surface area contributed by atoms with Crippen molar-refractivity contribution in [1.82, 2.24) is 4.98 Å². The van der Waals surface area contributed by atoms with Crippen LogP contribution in [0, 0.1) is 6.92 Å². The predicted octanol–water partition coefficient (Wildman–Crippen LogP) is 2.79. The maximum absolute atomic E-state index is 10.9. The lowest BCUT2D eigenvalue weighted by molar-refractivity contribution is 0.112. The van der Waals surface area contributed by atoms with Crippen molar-refractivity contribution in [2.45, 2.75) is 13.3 Å². The summed E-state index contributed by atoms with van der Waals surface area (Å²) in [4.78, 5) is 15.2. The molecule has 2 nitrogen and oxygen atoms in total. The van der Waals surface area contributed by atoms with Gasteiger partial charge in [0.25, 0.3) is 0 Å². The Balaban J connectivity index is 2.33. The SMILES string of the molecule is Cc1ccc(C=O)c(Cc2ccccn2)c1. The molecule has 16 heavy (non-hydrogen) atoms. The number of aromatic nitrogens is 1. The highest BCUT2D eigenvalue weighted by Crippen LogP contribution is 2.13. The normalized spacial score (nSPS) is 10.1. The Hall–Kier alpha value is -1.96. The van der Waals surface area contributed by atoms with Gasteiger partial charge in [0.2, 0.25) is 0 Å². The number of pyridine rings is 1. The van der Waals surface area contributed by atoms with E-state index in [0.29, 0.717) is 6.42 Å². The van der Waals surface area contributed by atoms with Gasteiger partial charge in [-0.1, -0.05) is 29.8 Å². The Bertz CT molecular complexity index is 491. The van der Waals surface area contributed by atoms with E-state index < -0.39 is 0 Å². The molecule has 1 aromatic carbocycles. The van der Waals surface area contributed by atoms with Gasteiger partial charge in [-0.25, -0.2) is 0 Å². The molecule has 0 bridgehead atoms. The second-order valence-electron chi connectivity index (χ2n) is 3.82. The van der Waals surface area contributed by atoms with Crippen LogP contribution in [0.25, 0.3) is 0 Å². The van der Waals surface area contributed by atoms with E-state index in [2.05, 4.69) is 4.98 Å². The van der Waals surface area contributed by atoms with Crippen LogP contribution in [0.2, 0.25) is 0 Å². The number of carbonyl (C=O) groups excluding carboxylic acids is 1.